The van der Waals surface area contributed by atoms with Crippen LogP contribution in [0.2, 0.25) is 5.15 Å². The van der Waals surface area contributed by atoms with Gasteiger partial charge in [0.1, 0.15) is 22.5 Å². The molecule has 0 saturated carbocycles. The normalized spacial score (nSPS) is 11.0. The van der Waals surface area contributed by atoms with Crippen LogP contribution in [0.4, 0.5) is 0 Å². The number of pyridine rings is 2. The van der Waals surface area contributed by atoms with Crippen LogP contribution in [0.3, 0.4) is 0 Å². The third-order valence-electron chi connectivity index (χ3n) is 4.63. The number of rotatable bonds is 6. The lowest BCUT2D eigenvalue weighted by molar-refractivity contribution is 0.0467. The monoisotopic (exact) mass is 439 g/mol. The molecular weight excluding hydrogens is 422 g/mol. The van der Waals surface area contributed by atoms with Crippen LogP contribution in [0.15, 0.2) is 58.2 Å². The summed E-state index contributed by atoms with van der Waals surface area (Å²) >= 11 is 7.70. The number of fused-ring (bicyclic) bond motifs is 1. The van der Waals surface area contributed by atoms with Gasteiger partial charge < -0.3 is 9.26 Å². The lowest BCUT2D eigenvalue weighted by atomic mass is 10.2. The van der Waals surface area contributed by atoms with E-state index in [1.807, 2.05) is 44.2 Å². The van der Waals surface area contributed by atoms with Crippen LogP contribution in [0.1, 0.15) is 32.9 Å². The van der Waals surface area contributed by atoms with Crippen LogP contribution in [0.5, 0.6) is 0 Å². The van der Waals surface area contributed by atoms with Crippen molar-refractivity contribution in [1.29, 1.82) is 0 Å². The van der Waals surface area contributed by atoms with E-state index in [0.29, 0.717) is 27.1 Å². The highest BCUT2D eigenvalue weighted by molar-refractivity contribution is 7.98. The summed E-state index contributed by atoms with van der Waals surface area (Å²) in [5, 5.41) is 5.80. The number of thioether (sulfide) groups is 1. The van der Waals surface area contributed by atoms with Crippen LogP contribution < -0.4 is 0 Å². The van der Waals surface area contributed by atoms with E-state index in [2.05, 4.69) is 15.1 Å². The van der Waals surface area contributed by atoms with E-state index in [1.165, 1.54) is 11.8 Å². The molecule has 0 fully saturated rings. The lowest BCUT2D eigenvalue weighted by Crippen LogP contribution is -2.08. The van der Waals surface area contributed by atoms with Gasteiger partial charge in [-0.05, 0) is 38.1 Å². The number of aromatic nitrogens is 3. The molecule has 0 saturated heterocycles. The number of carbonyl (C=O) groups excluding carboxylic acids is 1. The van der Waals surface area contributed by atoms with Gasteiger partial charge >= 0.3 is 5.97 Å². The van der Waals surface area contributed by atoms with Crippen molar-refractivity contribution in [3.05, 3.63) is 82.0 Å². The third kappa shape index (κ3) is 4.32. The number of benzene rings is 1. The van der Waals surface area contributed by atoms with E-state index in [0.717, 1.165) is 27.9 Å². The van der Waals surface area contributed by atoms with E-state index in [9.17, 15) is 4.79 Å². The molecule has 4 rings (SSSR count). The second-order valence-electron chi connectivity index (χ2n) is 6.65. The van der Waals surface area contributed by atoms with E-state index in [-0.39, 0.29) is 6.61 Å². The Bertz CT molecular complexity index is 1210. The maximum atomic E-state index is 12.7. The summed E-state index contributed by atoms with van der Waals surface area (Å²) in [5.41, 5.74) is 3.68. The molecule has 4 aromatic rings. The molecule has 3 aromatic heterocycles. The van der Waals surface area contributed by atoms with Gasteiger partial charge in [-0.1, -0.05) is 35.0 Å². The fourth-order valence-corrected chi connectivity index (χ4v) is 4.30. The van der Waals surface area contributed by atoms with Crippen molar-refractivity contribution in [1.82, 2.24) is 15.1 Å². The highest BCUT2D eigenvalue weighted by atomic mass is 35.5. The van der Waals surface area contributed by atoms with Gasteiger partial charge in [-0.15, -0.1) is 11.8 Å². The largest absolute Gasteiger partial charge is 0.457 e. The Morgan fingerprint density at radius 2 is 2.03 bits per heavy atom. The minimum Gasteiger partial charge on any atom is -0.457 e. The first-order valence-electron chi connectivity index (χ1n) is 9.24. The summed E-state index contributed by atoms with van der Waals surface area (Å²) in [7, 11) is 0. The van der Waals surface area contributed by atoms with Crippen LogP contribution in [-0.4, -0.2) is 21.1 Å². The van der Waals surface area contributed by atoms with Gasteiger partial charge in [-0.3, -0.25) is 0 Å². The molecule has 0 aliphatic carbocycles. The van der Waals surface area contributed by atoms with E-state index >= 15 is 0 Å². The first kappa shape index (κ1) is 20.4. The molecule has 0 unspecified atom stereocenters. The van der Waals surface area contributed by atoms with Crippen molar-refractivity contribution in [2.75, 3.05) is 0 Å². The second kappa shape index (κ2) is 8.85. The number of para-hydroxylation sites is 1. The Morgan fingerprint density at radius 1 is 1.20 bits per heavy atom. The number of hydrogen-bond donors (Lipinski definition) is 0. The Balaban J connectivity index is 1.48. The van der Waals surface area contributed by atoms with Gasteiger partial charge in [-0.2, -0.15) is 0 Å². The number of esters is 1. The van der Waals surface area contributed by atoms with Crippen LogP contribution in [0, 0.1) is 13.8 Å². The quantitative estimate of drug-likeness (QED) is 0.222. The molecule has 0 radical (unpaired) electrons. The molecule has 152 valence electrons. The Labute approximate surface area is 182 Å². The molecule has 0 atom stereocenters. The van der Waals surface area contributed by atoms with Gasteiger partial charge in [0.25, 0.3) is 0 Å². The third-order valence-corrected chi connectivity index (χ3v) is 5.99. The molecule has 0 aliphatic rings. The minimum atomic E-state index is -0.464. The van der Waals surface area contributed by atoms with Gasteiger partial charge in [0.15, 0.2) is 0 Å². The molecule has 0 aliphatic heterocycles. The van der Waals surface area contributed by atoms with Crippen molar-refractivity contribution >= 4 is 40.2 Å². The average Bonchev–Trinajstić information content (AvgIpc) is 3.08. The van der Waals surface area contributed by atoms with Gasteiger partial charge in [-0.25, -0.2) is 14.8 Å². The fourth-order valence-electron chi connectivity index (χ4n) is 2.97. The predicted octanol–water partition coefficient (Wildman–Crippen LogP) is 5.54. The predicted molar refractivity (Wildman–Crippen MR) is 116 cm³/mol. The molecule has 0 amide bonds. The second-order valence-corrected chi connectivity index (χ2v) is 7.98. The molecule has 30 heavy (non-hydrogen) atoms. The van der Waals surface area contributed by atoms with E-state index < -0.39 is 5.97 Å². The Morgan fingerprint density at radius 3 is 2.83 bits per heavy atom. The summed E-state index contributed by atoms with van der Waals surface area (Å²) < 4.78 is 10.7. The maximum Gasteiger partial charge on any atom is 0.341 e. The van der Waals surface area contributed by atoms with E-state index in [4.69, 9.17) is 20.9 Å². The zero-order valence-corrected chi connectivity index (χ0v) is 18.0. The number of ether oxygens (including phenoxy) is 1. The molecular formula is C22H18ClN3O3S. The smallest absolute Gasteiger partial charge is 0.341 e. The Hall–Kier alpha value is -2.90. The van der Waals surface area contributed by atoms with Crippen LogP contribution in [-0.2, 0) is 17.1 Å². The topological polar surface area (TPSA) is 78.1 Å². The first-order chi connectivity index (χ1) is 14.5. The number of carbonyl (C=O) groups is 1. The molecule has 0 N–H and O–H groups in total. The van der Waals surface area contributed by atoms with Gasteiger partial charge in [0.05, 0.1) is 16.8 Å². The van der Waals surface area contributed by atoms with Gasteiger partial charge in [0, 0.05) is 28.5 Å². The van der Waals surface area contributed by atoms with Gasteiger partial charge in [0.2, 0.25) is 0 Å². The average molecular weight is 440 g/mol. The van der Waals surface area contributed by atoms with Crippen LogP contribution in [0.25, 0.3) is 10.9 Å². The number of nitrogens with zero attached hydrogens (tertiary/aromatic N) is 3. The standard InChI is InChI=1S/C22H18ClN3O3S/c1-13-18(14(2)29-26-13)12-30-21-17(7-5-9-24-21)22(27)28-11-16-10-15-6-3-4-8-19(15)25-20(16)23/h3-10H,11-12H2,1-2H3. The summed E-state index contributed by atoms with van der Waals surface area (Å²) in [6.07, 6.45) is 1.65. The van der Waals surface area contributed by atoms with Crippen molar-refractivity contribution in [3.63, 3.8) is 0 Å². The van der Waals surface area contributed by atoms with Crippen molar-refractivity contribution in [2.45, 2.75) is 31.2 Å². The molecule has 1 aromatic carbocycles. The fraction of sp³-hybridized carbons (Fsp3) is 0.182. The van der Waals surface area contributed by atoms with E-state index in [1.54, 1.807) is 18.3 Å². The zero-order valence-electron chi connectivity index (χ0n) is 16.4. The summed E-state index contributed by atoms with van der Waals surface area (Å²) in [6, 6.07) is 12.9. The maximum absolute atomic E-state index is 12.7. The lowest BCUT2D eigenvalue weighted by Gasteiger charge is -2.10. The summed E-state index contributed by atoms with van der Waals surface area (Å²) in [4.78, 5) is 21.4. The molecule has 6 nitrogen and oxygen atoms in total. The number of halogens is 1. The highest BCUT2D eigenvalue weighted by Crippen LogP contribution is 2.28. The molecule has 0 bridgehead atoms. The first-order valence-corrected chi connectivity index (χ1v) is 10.6. The summed E-state index contributed by atoms with van der Waals surface area (Å²) in [5.74, 6) is 0.894. The number of hydrogen-bond acceptors (Lipinski definition) is 7. The van der Waals surface area contributed by atoms with Crippen LogP contribution >= 0.6 is 23.4 Å². The molecule has 3 heterocycles. The summed E-state index contributed by atoms with van der Waals surface area (Å²) in [6.45, 7) is 3.78. The van der Waals surface area contributed by atoms with Crippen molar-refractivity contribution in [3.8, 4) is 0 Å². The SMILES string of the molecule is Cc1noc(C)c1CSc1ncccc1C(=O)OCc1cc2ccccc2nc1Cl. The van der Waals surface area contributed by atoms with Crippen molar-refractivity contribution in [2.24, 2.45) is 0 Å². The van der Waals surface area contributed by atoms with Crippen molar-refractivity contribution < 1.29 is 14.1 Å². The molecule has 8 heteroatoms. The minimum absolute atomic E-state index is 0.0262. The molecule has 0 spiro atoms. The number of aryl methyl sites for hydroxylation is 2. The zero-order chi connectivity index (χ0) is 21.1. The Kier molecular flexibility index (Phi) is 6.01. The highest BCUT2D eigenvalue weighted by Gasteiger charge is 2.17.